The van der Waals surface area contributed by atoms with Crippen LogP contribution < -0.4 is 14.8 Å². The van der Waals surface area contributed by atoms with Gasteiger partial charge in [-0.15, -0.1) is 0 Å². The first-order valence-corrected chi connectivity index (χ1v) is 20.5. The topological polar surface area (TPSA) is 165 Å². The highest BCUT2D eigenvalue weighted by atomic mass is 32.2. The number of para-hydroxylation sites is 1. The minimum Gasteiger partial charge on any atom is -0.472 e. The number of benzene rings is 2. The van der Waals surface area contributed by atoms with Crippen molar-refractivity contribution >= 4 is 55.2 Å². The van der Waals surface area contributed by atoms with Gasteiger partial charge in [-0.25, -0.2) is 17.8 Å². The van der Waals surface area contributed by atoms with E-state index >= 15 is 4.39 Å². The Morgan fingerprint density at radius 3 is 2.58 bits per heavy atom. The number of halogens is 1. The van der Waals surface area contributed by atoms with Crippen LogP contribution >= 0.6 is 0 Å². The van der Waals surface area contributed by atoms with Gasteiger partial charge in [0, 0.05) is 18.2 Å². The maximum Gasteiger partial charge on any atom is 0.287 e. The number of ether oxygens (including phenoxy) is 1. The Bertz CT molecular complexity index is 2340. The highest BCUT2D eigenvalue weighted by molar-refractivity contribution is 7.90. The van der Waals surface area contributed by atoms with E-state index in [9.17, 15) is 27.6 Å². The van der Waals surface area contributed by atoms with Gasteiger partial charge in [0.05, 0.1) is 34.2 Å². The van der Waals surface area contributed by atoms with Gasteiger partial charge < -0.3 is 19.4 Å². The van der Waals surface area contributed by atoms with Gasteiger partial charge in [0.2, 0.25) is 27.7 Å². The number of amides is 3. The number of hydrogen-bond donors (Lipinski definition) is 2. The molecule has 1 saturated heterocycles. The fourth-order valence-electron chi connectivity index (χ4n) is 8.15. The van der Waals surface area contributed by atoms with E-state index in [2.05, 4.69) is 15.0 Å². The van der Waals surface area contributed by atoms with E-state index < -0.39 is 68.2 Å². The minimum absolute atomic E-state index is 0.00560. The largest absolute Gasteiger partial charge is 0.472 e. The molecule has 14 heteroatoms. The van der Waals surface area contributed by atoms with Crippen LogP contribution in [0.5, 0.6) is 5.88 Å². The van der Waals surface area contributed by atoms with Crippen LogP contribution in [0.25, 0.3) is 21.7 Å². The molecule has 4 aliphatic rings. The summed E-state index contributed by atoms with van der Waals surface area (Å²) in [5.74, 6) is -2.51. The number of aromatic nitrogens is 1. The third kappa shape index (κ3) is 7.36. The van der Waals surface area contributed by atoms with Crippen LogP contribution in [0, 0.1) is 24.1 Å². The Morgan fingerprint density at radius 1 is 1.00 bits per heavy atom. The van der Waals surface area contributed by atoms with Crippen molar-refractivity contribution in [2.24, 2.45) is 11.3 Å². The Morgan fingerprint density at radius 2 is 1.80 bits per heavy atom. The maximum absolute atomic E-state index is 15.5. The van der Waals surface area contributed by atoms with Crippen molar-refractivity contribution < 1.29 is 41.1 Å². The van der Waals surface area contributed by atoms with Crippen LogP contribution in [0.4, 0.5) is 4.39 Å². The van der Waals surface area contributed by atoms with Crippen molar-refractivity contribution in [3.05, 3.63) is 84.1 Å². The van der Waals surface area contributed by atoms with Crippen LogP contribution in [0.2, 0.25) is 0 Å². The Balaban J connectivity index is 1.13. The molecule has 2 aliphatic heterocycles. The molecule has 2 N–H and O–H groups in total. The summed E-state index contributed by atoms with van der Waals surface area (Å²) >= 11 is 0. The lowest BCUT2D eigenvalue weighted by Gasteiger charge is -2.29. The van der Waals surface area contributed by atoms with Gasteiger partial charge in [-0.1, -0.05) is 55.3 Å². The SMILES string of the molecule is Cc1ccc(C(=O)N[C@H]2CCCCC/C=C\[C@@H]3C[C@@]3(C(=O)NS(=O)(=O)C3CC3)CC(=O)[C@@H]3C[C@@H](Oc4nc5ccccc5c5cccc(F)c45)CN3C2=O)o1. The molecule has 0 bridgehead atoms. The molecule has 4 heterocycles. The lowest BCUT2D eigenvalue weighted by atomic mass is 9.91. The summed E-state index contributed by atoms with van der Waals surface area (Å²) in [6.45, 7) is 1.63. The van der Waals surface area contributed by atoms with Crippen molar-refractivity contribution in [3.63, 3.8) is 0 Å². The molecule has 55 heavy (non-hydrogen) atoms. The average molecular weight is 771 g/mol. The number of ketones is 1. The van der Waals surface area contributed by atoms with Crippen molar-refractivity contribution in [3.8, 4) is 5.88 Å². The third-order valence-corrected chi connectivity index (χ3v) is 13.2. The minimum atomic E-state index is -3.88. The van der Waals surface area contributed by atoms with E-state index in [1.54, 1.807) is 31.2 Å². The van der Waals surface area contributed by atoms with E-state index in [1.807, 2.05) is 30.4 Å². The van der Waals surface area contributed by atoms with Crippen molar-refractivity contribution in [2.45, 2.75) is 94.6 Å². The number of nitrogens with zero attached hydrogens (tertiary/aromatic N) is 2. The molecule has 3 fully saturated rings. The number of rotatable bonds is 7. The summed E-state index contributed by atoms with van der Waals surface area (Å²) in [7, 11) is -3.88. The van der Waals surface area contributed by atoms with Gasteiger partial charge in [-0.05, 0) is 81.0 Å². The molecular weight excluding hydrogens is 728 g/mol. The van der Waals surface area contributed by atoms with Crippen LogP contribution in [0.15, 0.2) is 71.2 Å². The number of nitrogens with one attached hydrogen (secondary N) is 2. The summed E-state index contributed by atoms with van der Waals surface area (Å²) < 4.78 is 55.5. The Kier molecular flexibility index (Phi) is 9.72. The van der Waals surface area contributed by atoms with E-state index in [-0.39, 0.29) is 48.8 Å². The fraction of sp³-hybridized carbons (Fsp3) is 0.439. The van der Waals surface area contributed by atoms with Gasteiger partial charge in [0.15, 0.2) is 11.5 Å². The summed E-state index contributed by atoms with van der Waals surface area (Å²) in [5.41, 5.74) is -0.721. The summed E-state index contributed by atoms with van der Waals surface area (Å²) in [6, 6.07) is 13.1. The lowest BCUT2D eigenvalue weighted by Crippen LogP contribution is -2.52. The maximum atomic E-state index is 15.5. The predicted octanol–water partition coefficient (Wildman–Crippen LogP) is 5.67. The van der Waals surface area contributed by atoms with Crippen LogP contribution in [0.3, 0.4) is 0 Å². The number of allylic oxidation sites excluding steroid dienone is 2. The lowest BCUT2D eigenvalue weighted by molar-refractivity contribution is -0.140. The number of sulfonamides is 1. The van der Waals surface area contributed by atoms with E-state index in [0.717, 1.165) is 18.2 Å². The summed E-state index contributed by atoms with van der Waals surface area (Å²) in [6.07, 6.45) is 7.13. The molecule has 0 spiro atoms. The second kappa shape index (κ2) is 14.5. The molecule has 0 radical (unpaired) electrons. The Hall–Kier alpha value is -5.11. The highest BCUT2D eigenvalue weighted by Gasteiger charge is 2.61. The Labute approximate surface area is 317 Å². The predicted molar refractivity (Wildman–Crippen MR) is 201 cm³/mol. The zero-order chi connectivity index (χ0) is 38.5. The zero-order valence-electron chi connectivity index (χ0n) is 30.5. The summed E-state index contributed by atoms with van der Waals surface area (Å²) in [4.78, 5) is 62.4. The third-order valence-electron chi connectivity index (χ3n) is 11.4. The fourth-order valence-corrected chi connectivity index (χ4v) is 9.53. The molecule has 0 unspecified atom stereocenters. The average Bonchev–Trinajstić information content (AvgIpc) is 4.05. The molecule has 2 aromatic heterocycles. The van der Waals surface area contributed by atoms with Crippen molar-refractivity contribution in [2.75, 3.05) is 6.54 Å². The zero-order valence-corrected chi connectivity index (χ0v) is 31.3. The van der Waals surface area contributed by atoms with Gasteiger partial charge in [-0.3, -0.25) is 23.9 Å². The molecule has 2 saturated carbocycles. The molecule has 8 rings (SSSR count). The van der Waals surface area contributed by atoms with Crippen molar-refractivity contribution in [1.82, 2.24) is 19.9 Å². The first-order valence-electron chi connectivity index (χ1n) is 19.0. The highest BCUT2D eigenvalue weighted by Crippen LogP contribution is 2.57. The molecule has 3 amide bonds. The quantitative estimate of drug-likeness (QED) is 0.178. The monoisotopic (exact) mass is 770 g/mol. The number of fused-ring (bicyclic) bond motifs is 5. The second-order valence-electron chi connectivity index (χ2n) is 15.4. The van der Waals surface area contributed by atoms with Crippen molar-refractivity contribution in [1.29, 1.82) is 0 Å². The van der Waals surface area contributed by atoms with Gasteiger partial charge in [0.25, 0.3) is 5.91 Å². The van der Waals surface area contributed by atoms with Crippen LogP contribution in [-0.2, 0) is 24.4 Å². The normalized spacial score (nSPS) is 26.8. The number of carbonyl (C=O) groups excluding carboxylic acids is 4. The van der Waals surface area contributed by atoms with Gasteiger partial charge >= 0.3 is 0 Å². The molecule has 4 aromatic rings. The molecule has 12 nitrogen and oxygen atoms in total. The molecule has 2 aliphatic carbocycles. The standard InChI is InChI=1S/C41H43FN4O8S/c1-24-16-19-35(53-24)37(48)43-32-15-6-4-2-3-5-10-25-21-41(25,40(50)45-55(51,52)27-17-18-27)22-34(47)33-20-26(23-46(33)39(32)49)54-38-36-29(12-9-13-30(36)42)28-11-7-8-14-31(28)44-38/h5,7-14,16,19,25-27,32-33H,2-4,6,15,17-18,20-23H2,1H3,(H,43,48)(H,45,50)/b10-5-/t25-,26-,32+,33+,41-/m1/s1. The number of carbonyl (C=O) groups is 4. The van der Waals surface area contributed by atoms with Crippen LogP contribution in [-0.4, -0.2) is 71.8 Å². The molecule has 5 atom stereocenters. The number of aryl methyl sites for hydroxylation is 1. The van der Waals surface area contributed by atoms with Gasteiger partial charge in [0.1, 0.15) is 23.7 Å². The van der Waals surface area contributed by atoms with E-state index in [0.29, 0.717) is 48.8 Å². The molecule has 2 aromatic carbocycles. The first-order chi connectivity index (χ1) is 26.4. The number of hydrogen-bond acceptors (Lipinski definition) is 9. The number of furan rings is 1. The summed E-state index contributed by atoms with van der Waals surface area (Å²) in [5, 5.41) is 3.71. The smallest absolute Gasteiger partial charge is 0.287 e. The molecular formula is C41H43FN4O8S. The van der Waals surface area contributed by atoms with E-state index in [4.69, 9.17) is 9.15 Å². The van der Waals surface area contributed by atoms with E-state index in [1.165, 1.54) is 17.0 Å². The molecule has 288 valence electrons. The second-order valence-corrected chi connectivity index (χ2v) is 17.3. The first kappa shape index (κ1) is 36.8. The van der Waals surface area contributed by atoms with Gasteiger partial charge in [-0.2, -0.15) is 0 Å². The number of pyridine rings is 1. The van der Waals surface area contributed by atoms with Crippen LogP contribution in [0.1, 0.15) is 80.5 Å². The number of Topliss-reactive ketones (excluding diaryl/α,β-unsaturated/α-hetero) is 1.